The Balaban J connectivity index is 1.62. The van der Waals surface area contributed by atoms with Crippen molar-refractivity contribution in [2.24, 2.45) is 0 Å². The van der Waals surface area contributed by atoms with Gasteiger partial charge in [0, 0.05) is 41.5 Å². The topological polar surface area (TPSA) is 67.9 Å². The van der Waals surface area contributed by atoms with Gasteiger partial charge in [-0.15, -0.1) is 0 Å². The van der Waals surface area contributed by atoms with E-state index < -0.39 is 6.61 Å². The molecule has 1 aliphatic heterocycles. The van der Waals surface area contributed by atoms with E-state index in [1.165, 1.54) is 30.2 Å². The molecule has 0 aromatic heterocycles. The average Bonchev–Trinajstić information content (AvgIpc) is 2.91. The van der Waals surface area contributed by atoms with Gasteiger partial charge < -0.3 is 19.7 Å². The van der Waals surface area contributed by atoms with Crippen LogP contribution < -0.4 is 14.8 Å². The fourth-order valence-corrected chi connectivity index (χ4v) is 2.95. The summed E-state index contributed by atoms with van der Waals surface area (Å²) >= 11 is 0. The van der Waals surface area contributed by atoms with Crippen molar-refractivity contribution in [3.8, 4) is 11.5 Å². The molecular weight excluding hydrogens is 370 g/mol. The summed E-state index contributed by atoms with van der Waals surface area (Å²) in [7, 11) is 1.32. The number of ether oxygens (including phenoxy) is 2. The van der Waals surface area contributed by atoms with Gasteiger partial charge in [0.1, 0.15) is 0 Å². The van der Waals surface area contributed by atoms with Crippen molar-refractivity contribution in [3.63, 3.8) is 0 Å². The van der Waals surface area contributed by atoms with Gasteiger partial charge in [-0.1, -0.05) is 24.8 Å². The van der Waals surface area contributed by atoms with Crippen LogP contribution in [0.1, 0.15) is 22.3 Å². The highest BCUT2D eigenvalue weighted by Crippen LogP contribution is 2.32. The first-order chi connectivity index (χ1) is 13.4. The highest BCUT2D eigenvalue weighted by Gasteiger charge is 2.30. The molecule has 3 rings (SSSR count). The number of amides is 2. The summed E-state index contributed by atoms with van der Waals surface area (Å²) in [5.74, 6) is -0.654. The molecule has 0 aliphatic carbocycles. The molecule has 1 N–H and O–H groups in total. The van der Waals surface area contributed by atoms with Crippen LogP contribution in [-0.2, 0) is 4.79 Å². The number of nitrogens with one attached hydrogen (secondary N) is 1. The number of alkyl halides is 2. The third kappa shape index (κ3) is 3.95. The summed E-state index contributed by atoms with van der Waals surface area (Å²) in [6.45, 7) is 1.05. The number of hydrogen-bond donors (Lipinski definition) is 1. The second kappa shape index (κ2) is 8.08. The van der Waals surface area contributed by atoms with Crippen molar-refractivity contribution >= 4 is 23.2 Å². The van der Waals surface area contributed by atoms with E-state index in [0.29, 0.717) is 11.3 Å². The summed E-state index contributed by atoms with van der Waals surface area (Å²) in [6, 6.07) is 11.3. The number of rotatable bonds is 7. The SMILES string of the molecule is C=C1c2ccccc2C(=O)N1CCC(=O)Nc1ccc(OC)c(OC(F)F)c1. The van der Waals surface area contributed by atoms with Crippen LogP contribution in [0.4, 0.5) is 14.5 Å². The number of carbonyl (C=O) groups excluding carboxylic acids is 2. The van der Waals surface area contributed by atoms with E-state index in [1.54, 1.807) is 18.2 Å². The molecule has 2 aromatic carbocycles. The van der Waals surface area contributed by atoms with Gasteiger partial charge in [0.15, 0.2) is 11.5 Å². The number of methoxy groups -OCH3 is 1. The van der Waals surface area contributed by atoms with Gasteiger partial charge in [-0.05, 0) is 18.2 Å². The Kier molecular flexibility index (Phi) is 5.58. The van der Waals surface area contributed by atoms with Gasteiger partial charge in [0.05, 0.1) is 7.11 Å². The number of halogens is 2. The molecule has 0 fully saturated rings. The van der Waals surface area contributed by atoms with Crippen LogP contribution in [0.3, 0.4) is 0 Å². The Morgan fingerprint density at radius 2 is 1.89 bits per heavy atom. The van der Waals surface area contributed by atoms with E-state index in [9.17, 15) is 18.4 Å². The third-order valence-corrected chi connectivity index (χ3v) is 4.27. The molecule has 1 aliphatic rings. The summed E-state index contributed by atoms with van der Waals surface area (Å²) in [5, 5.41) is 2.59. The van der Waals surface area contributed by atoms with E-state index in [2.05, 4.69) is 16.6 Å². The number of fused-ring (bicyclic) bond motifs is 1. The van der Waals surface area contributed by atoms with Crippen molar-refractivity contribution in [1.82, 2.24) is 4.90 Å². The second-order valence-corrected chi connectivity index (χ2v) is 5.99. The summed E-state index contributed by atoms with van der Waals surface area (Å²) in [6.07, 6.45) is 0.00974. The number of carbonyl (C=O) groups is 2. The maximum absolute atomic E-state index is 12.5. The van der Waals surface area contributed by atoms with E-state index in [-0.39, 0.29) is 42.0 Å². The summed E-state index contributed by atoms with van der Waals surface area (Å²) in [5.41, 5.74) is 2.12. The highest BCUT2D eigenvalue weighted by molar-refractivity contribution is 6.09. The molecule has 28 heavy (non-hydrogen) atoms. The maximum atomic E-state index is 12.5. The normalized spacial score (nSPS) is 12.9. The third-order valence-electron chi connectivity index (χ3n) is 4.27. The van der Waals surface area contributed by atoms with Gasteiger partial charge in [0.25, 0.3) is 5.91 Å². The van der Waals surface area contributed by atoms with Crippen molar-refractivity contribution in [1.29, 1.82) is 0 Å². The van der Waals surface area contributed by atoms with Crippen LogP contribution in [0.25, 0.3) is 5.70 Å². The molecule has 0 atom stereocenters. The molecule has 2 aromatic rings. The molecule has 6 nitrogen and oxygen atoms in total. The smallest absolute Gasteiger partial charge is 0.387 e. The molecule has 0 bridgehead atoms. The first-order valence-electron chi connectivity index (χ1n) is 8.43. The largest absolute Gasteiger partial charge is 0.493 e. The lowest BCUT2D eigenvalue weighted by Gasteiger charge is -2.17. The predicted molar refractivity (Wildman–Crippen MR) is 99.4 cm³/mol. The van der Waals surface area contributed by atoms with Crippen molar-refractivity contribution in [2.45, 2.75) is 13.0 Å². The summed E-state index contributed by atoms with van der Waals surface area (Å²) in [4.78, 5) is 26.1. The van der Waals surface area contributed by atoms with E-state index in [0.717, 1.165) is 5.56 Å². The molecule has 0 saturated carbocycles. The fourth-order valence-electron chi connectivity index (χ4n) is 2.95. The number of hydrogen-bond acceptors (Lipinski definition) is 4. The molecule has 0 unspecified atom stereocenters. The Labute approximate surface area is 160 Å². The van der Waals surface area contributed by atoms with E-state index >= 15 is 0 Å². The van der Waals surface area contributed by atoms with Crippen LogP contribution in [0.15, 0.2) is 49.0 Å². The Bertz CT molecular complexity index is 895. The van der Waals surface area contributed by atoms with Gasteiger partial charge in [-0.25, -0.2) is 0 Å². The zero-order valence-electron chi connectivity index (χ0n) is 15.1. The average molecular weight is 388 g/mol. The number of nitrogens with zero attached hydrogens (tertiary/aromatic N) is 1. The maximum Gasteiger partial charge on any atom is 0.387 e. The lowest BCUT2D eigenvalue weighted by atomic mass is 10.1. The summed E-state index contributed by atoms with van der Waals surface area (Å²) < 4.78 is 34.3. The Morgan fingerprint density at radius 1 is 1.18 bits per heavy atom. The number of benzene rings is 2. The molecule has 0 radical (unpaired) electrons. The lowest BCUT2D eigenvalue weighted by molar-refractivity contribution is -0.116. The zero-order valence-corrected chi connectivity index (χ0v) is 15.1. The van der Waals surface area contributed by atoms with Crippen molar-refractivity contribution in [3.05, 3.63) is 60.2 Å². The van der Waals surface area contributed by atoms with Crippen molar-refractivity contribution < 1.29 is 27.8 Å². The Morgan fingerprint density at radius 3 is 2.54 bits per heavy atom. The van der Waals surface area contributed by atoms with Crippen molar-refractivity contribution in [2.75, 3.05) is 19.0 Å². The molecule has 0 saturated heterocycles. The minimum absolute atomic E-state index is 0.00974. The molecule has 8 heteroatoms. The van der Waals surface area contributed by atoms with E-state index in [4.69, 9.17) is 4.74 Å². The second-order valence-electron chi connectivity index (χ2n) is 5.99. The van der Waals surface area contributed by atoms with Crippen LogP contribution in [0.2, 0.25) is 0 Å². The molecule has 146 valence electrons. The van der Waals surface area contributed by atoms with Gasteiger partial charge >= 0.3 is 6.61 Å². The lowest BCUT2D eigenvalue weighted by Crippen LogP contribution is -2.27. The van der Waals surface area contributed by atoms with Crippen LogP contribution in [0.5, 0.6) is 11.5 Å². The fraction of sp³-hybridized carbons (Fsp3) is 0.200. The first kappa shape index (κ1) is 19.3. The standard InChI is InChI=1S/C20H18F2N2O4/c1-12-14-5-3-4-6-15(14)19(26)24(12)10-9-18(25)23-13-7-8-16(27-2)17(11-13)28-20(21)22/h3-8,11,20H,1,9-10H2,2H3,(H,23,25). The van der Waals surface area contributed by atoms with Gasteiger partial charge in [0.2, 0.25) is 5.91 Å². The number of anilines is 1. The first-order valence-corrected chi connectivity index (χ1v) is 8.43. The Hall–Kier alpha value is -3.42. The van der Waals surface area contributed by atoms with Gasteiger partial charge in [-0.3, -0.25) is 9.59 Å². The van der Waals surface area contributed by atoms with Crippen LogP contribution >= 0.6 is 0 Å². The molecule has 2 amide bonds. The molecular formula is C20H18F2N2O4. The molecule has 0 spiro atoms. The quantitative estimate of drug-likeness (QED) is 0.784. The monoisotopic (exact) mass is 388 g/mol. The predicted octanol–water partition coefficient (Wildman–Crippen LogP) is 3.75. The zero-order chi connectivity index (χ0) is 20.3. The minimum atomic E-state index is -3.02. The van der Waals surface area contributed by atoms with Gasteiger partial charge in [-0.2, -0.15) is 8.78 Å². The minimum Gasteiger partial charge on any atom is -0.493 e. The van der Waals surface area contributed by atoms with Crippen LogP contribution in [-0.4, -0.2) is 37.0 Å². The van der Waals surface area contributed by atoms with E-state index in [1.807, 2.05) is 6.07 Å². The van der Waals surface area contributed by atoms with Crippen LogP contribution in [0, 0.1) is 0 Å². The molecule has 1 heterocycles. The highest BCUT2D eigenvalue weighted by atomic mass is 19.3.